The molecule has 0 saturated carbocycles. The Morgan fingerprint density at radius 3 is 2.59 bits per heavy atom. The van der Waals surface area contributed by atoms with Gasteiger partial charge in [0, 0.05) is 11.3 Å². The molecule has 9 heteroatoms. The van der Waals surface area contributed by atoms with Crippen LogP contribution in [-0.2, 0) is 19.8 Å². The van der Waals surface area contributed by atoms with Crippen molar-refractivity contribution in [3.8, 4) is 11.8 Å². The van der Waals surface area contributed by atoms with Gasteiger partial charge in [-0.05, 0) is 24.3 Å². The summed E-state index contributed by atoms with van der Waals surface area (Å²) in [5, 5.41) is 18.5. The van der Waals surface area contributed by atoms with Gasteiger partial charge in [0.05, 0.1) is 14.2 Å². The number of aliphatic hydroxyl groups excluding tert-OH is 1. The molecule has 1 aromatic carbocycles. The molecule has 0 aliphatic heterocycles. The fourth-order valence-electron chi connectivity index (χ4n) is 2.60. The lowest BCUT2D eigenvalue weighted by molar-refractivity contribution is 0.201. The van der Waals surface area contributed by atoms with Gasteiger partial charge in [-0.3, -0.25) is 4.90 Å². The van der Waals surface area contributed by atoms with Crippen molar-refractivity contribution in [2.45, 2.75) is 6.04 Å². The second kappa shape index (κ2) is 8.93. The highest BCUT2D eigenvalue weighted by Gasteiger charge is 2.35. The number of allylic oxidation sites excluding steroid dienone is 1. The summed E-state index contributed by atoms with van der Waals surface area (Å²) >= 11 is 0. The van der Waals surface area contributed by atoms with Crippen molar-refractivity contribution < 1.29 is 32.9 Å². The molecule has 2 N–H and O–H groups in total. The molecule has 1 amide bonds. The standard InChI is InChI=1S/C18H17NO7S/c1-25-15-9-8-14(17(27(23)24)16(15)26-2)19(18(21)22)13-7-3-5-12(11-13)6-4-10-20/h3,5,7-9,11,14,20H,10H2,1-2H3,(H,21,22). The zero-order valence-corrected chi connectivity index (χ0v) is 15.4. The van der Waals surface area contributed by atoms with E-state index in [2.05, 4.69) is 11.8 Å². The van der Waals surface area contributed by atoms with Gasteiger partial charge in [-0.25, -0.2) is 4.79 Å². The highest BCUT2D eigenvalue weighted by molar-refractivity contribution is 7.73. The molecule has 1 aliphatic rings. The van der Waals surface area contributed by atoms with Crippen LogP contribution in [0.2, 0.25) is 0 Å². The fraction of sp³-hybridized carbons (Fsp3) is 0.222. The maximum Gasteiger partial charge on any atom is 0.412 e. The summed E-state index contributed by atoms with van der Waals surface area (Å²) in [6.07, 6.45) is 1.48. The third-order valence-corrected chi connectivity index (χ3v) is 4.46. The zero-order valence-electron chi connectivity index (χ0n) is 14.5. The molecule has 0 heterocycles. The van der Waals surface area contributed by atoms with E-state index >= 15 is 0 Å². The molecule has 8 nitrogen and oxygen atoms in total. The van der Waals surface area contributed by atoms with Crippen molar-refractivity contribution in [1.29, 1.82) is 0 Å². The SMILES string of the molecule is COC1=C(OC)C(=S(=O)=O)C(N(C(=O)O)c2cccc(C#CCO)c2)C=C1. The lowest BCUT2D eigenvalue weighted by Gasteiger charge is -2.30. The predicted octanol–water partition coefficient (Wildman–Crippen LogP) is 1.01. The number of anilines is 1. The van der Waals surface area contributed by atoms with Crippen LogP contribution < -0.4 is 4.90 Å². The van der Waals surface area contributed by atoms with Crippen LogP contribution in [0.3, 0.4) is 0 Å². The van der Waals surface area contributed by atoms with Crippen LogP contribution >= 0.6 is 0 Å². The number of methoxy groups -OCH3 is 2. The minimum Gasteiger partial charge on any atom is -0.493 e. The van der Waals surface area contributed by atoms with Crippen molar-refractivity contribution in [3.63, 3.8) is 0 Å². The molecule has 0 spiro atoms. The van der Waals surface area contributed by atoms with E-state index in [1.165, 1.54) is 38.5 Å². The van der Waals surface area contributed by atoms with Crippen LogP contribution in [-0.4, -0.2) is 56.5 Å². The van der Waals surface area contributed by atoms with Gasteiger partial charge in [-0.1, -0.05) is 24.0 Å². The quantitative estimate of drug-likeness (QED) is 0.582. The molecule has 1 atom stereocenters. The highest BCUT2D eigenvalue weighted by Crippen LogP contribution is 2.26. The first-order valence-electron chi connectivity index (χ1n) is 7.63. The smallest absolute Gasteiger partial charge is 0.412 e. The molecule has 1 aromatic rings. The lowest BCUT2D eigenvalue weighted by Crippen LogP contribution is -2.46. The van der Waals surface area contributed by atoms with Gasteiger partial charge in [0.1, 0.15) is 17.5 Å². The second-order valence-corrected chi connectivity index (χ2v) is 6.08. The topological polar surface area (TPSA) is 113 Å². The molecule has 2 rings (SSSR count). The largest absolute Gasteiger partial charge is 0.493 e. The van der Waals surface area contributed by atoms with Crippen LogP contribution in [0.25, 0.3) is 0 Å². The first kappa shape index (κ1) is 20.1. The van der Waals surface area contributed by atoms with Crippen LogP contribution in [0.5, 0.6) is 0 Å². The number of aliphatic hydroxyl groups is 1. The number of carbonyl (C=O) groups is 1. The number of carboxylic acid groups (broad SMARTS) is 1. The van der Waals surface area contributed by atoms with E-state index in [0.29, 0.717) is 5.56 Å². The molecule has 142 valence electrons. The first-order valence-corrected chi connectivity index (χ1v) is 8.71. The van der Waals surface area contributed by atoms with Gasteiger partial charge in [0.2, 0.25) is 10.3 Å². The third-order valence-electron chi connectivity index (χ3n) is 3.67. The predicted molar refractivity (Wildman–Crippen MR) is 98.8 cm³/mol. The minimum atomic E-state index is -2.77. The molecule has 0 saturated heterocycles. The van der Waals surface area contributed by atoms with Crippen molar-refractivity contribution in [3.05, 3.63) is 53.5 Å². The Kier molecular flexibility index (Phi) is 6.65. The van der Waals surface area contributed by atoms with Crippen molar-refractivity contribution in [2.75, 3.05) is 25.7 Å². The van der Waals surface area contributed by atoms with E-state index in [9.17, 15) is 18.3 Å². The number of hydrogen-bond acceptors (Lipinski definition) is 6. The summed E-state index contributed by atoms with van der Waals surface area (Å²) in [7, 11) is -0.148. The molecular formula is C18H17NO7S. The van der Waals surface area contributed by atoms with E-state index in [1.807, 2.05) is 0 Å². The van der Waals surface area contributed by atoms with Crippen molar-refractivity contribution in [2.24, 2.45) is 0 Å². The number of amides is 1. The van der Waals surface area contributed by atoms with Crippen LogP contribution in [0, 0.1) is 11.8 Å². The average molecular weight is 391 g/mol. The summed E-state index contributed by atoms with van der Waals surface area (Å²) in [4.78, 5) is 12.6. The highest BCUT2D eigenvalue weighted by atomic mass is 32.2. The molecule has 1 unspecified atom stereocenters. The first-order chi connectivity index (χ1) is 12.9. The number of nitrogens with zero attached hydrogens (tertiary/aromatic N) is 1. The Morgan fingerprint density at radius 2 is 2.04 bits per heavy atom. The zero-order chi connectivity index (χ0) is 20.0. The molecule has 0 fully saturated rings. The summed E-state index contributed by atoms with van der Waals surface area (Å²) in [5.74, 6) is 5.25. The maximum absolute atomic E-state index is 12.0. The number of benzene rings is 1. The van der Waals surface area contributed by atoms with Gasteiger partial charge in [0.15, 0.2) is 11.5 Å². The van der Waals surface area contributed by atoms with E-state index in [1.54, 1.807) is 12.1 Å². The van der Waals surface area contributed by atoms with Gasteiger partial charge >= 0.3 is 6.09 Å². The van der Waals surface area contributed by atoms with Gasteiger partial charge < -0.3 is 19.7 Å². The van der Waals surface area contributed by atoms with Crippen LogP contribution in [0.1, 0.15) is 5.56 Å². The van der Waals surface area contributed by atoms with E-state index < -0.39 is 22.4 Å². The molecule has 0 radical (unpaired) electrons. The van der Waals surface area contributed by atoms with Crippen molar-refractivity contribution in [1.82, 2.24) is 0 Å². The molecule has 0 bridgehead atoms. The van der Waals surface area contributed by atoms with Gasteiger partial charge in [-0.2, -0.15) is 8.42 Å². The van der Waals surface area contributed by atoms with Crippen molar-refractivity contribution >= 4 is 26.9 Å². The summed E-state index contributed by atoms with van der Waals surface area (Å²) < 4.78 is 33.9. The second-order valence-electron chi connectivity index (χ2n) is 5.17. The normalized spacial score (nSPS) is 15.7. The Balaban J connectivity index is 2.62. The Labute approximate surface area is 157 Å². The Hall–Kier alpha value is -3.22. The minimum absolute atomic E-state index is 0.0687. The lowest BCUT2D eigenvalue weighted by atomic mass is 10.0. The molecule has 1 aliphatic carbocycles. The molecular weight excluding hydrogens is 374 g/mol. The average Bonchev–Trinajstić information content (AvgIpc) is 2.65. The van der Waals surface area contributed by atoms with Crippen LogP contribution in [0.15, 0.2) is 47.9 Å². The van der Waals surface area contributed by atoms with E-state index in [4.69, 9.17) is 14.6 Å². The van der Waals surface area contributed by atoms with Gasteiger partial charge in [0.25, 0.3) is 0 Å². The Bertz CT molecular complexity index is 988. The summed E-state index contributed by atoms with van der Waals surface area (Å²) in [6.45, 7) is -0.340. The maximum atomic E-state index is 12.0. The fourth-order valence-corrected chi connectivity index (χ4v) is 3.32. The summed E-state index contributed by atoms with van der Waals surface area (Å²) in [6, 6.07) is 5.07. The number of hydrogen-bond donors (Lipinski definition) is 2. The van der Waals surface area contributed by atoms with Gasteiger partial charge in [-0.15, -0.1) is 0 Å². The van der Waals surface area contributed by atoms with Crippen LogP contribution in [0.4, 0.5) is 10.5 Å². The summed E-state index contributed by atoms with van der Waals surface area (Å²) in [5.41, 5.74) is 0.679. The monoisotopic (exact) mass is 391 g/mol. The van der Waals surface area contributed by atoms with E-state index in [-0.39, 0.29) is 28.7 Å². The van der Waals surface area contributed by atoms with E-state index in [0.717, 1.165) is 4.90 Å². The molecule has 0 aromatic heterocycles. The number of ether oxygens (including phenoxy) is 2. The molecule has 27 heavy (non-hydrogen) atoms. The third kappa shape index (κ3) is 4.31. The number of rotatable bonds is 4. The Morgan fingerprint density at radius 1 is 1.30 bits per heavy atom.